The number of rotatable bonds is 2. The Morgan fingerprint density at radius 1 is 1.41 bits per heavy atom. The molecule has 1 aliphatic heterocycles. The van der Waals surface area contributed by atoms with Crippen molar-refractivity contribution in [2.75, 3.05) is 12.3 Å². The Bertz CT molecular complexity index is 403. The van der Waals surface area contributed by atoms with Gasteiger partial charge in [-0.1, -0.05) is 19.1 Å². The minimum absolute atomic E-state index is 0.0923. The number of hydrogen-bond donors (Lipinski definition) is 1. The van der Waals surface area contributed by atoms with E-state index >= 15 is 0 Å². The Balaban J connectivity index is 2.21. The molecular formula is C14H20N2O. The van der Waals surface area contributed by atoms with Crippen LogP contribution in [-0.2, 0) is 0 Å². The maximum Gasteiger partial charge on any atom is 0.256 e. The summed E-state index contributed by atoms with van der Waals surface area (Å²) in [5.41, 5.74) is 7.10. The molecule has 1 aromatic rings. The zero-order valence-electron chi connectivity index (χ0n) is 10.4. The van der Waals surface area contributed by atoms with Gasteiger partial charge < -0.3 is 10.6 Å². The summed E-state index contributed by atoms with van der Waals surface area (Å²) in [5, 5.41) is 0. The van der Waals surface area contributed by atoms with E-state index in [1.165, 1.54) is 6.42 Å². The van der Waals surface area contributed by atoms with E-state index in [4.69, 9.17) is 5.73 Å². The van der Waals surface area contributed by atoms with E-state index in [1.807, 2.05) is 23.1 Å². The molecule has 0 aromatic heterocycles. The Morgan fingerprint density at radius 3 is 2.88 bits per heavy atom. The lowest BCUT2D eigenvalue weighted by molar-refractivity contribution is 0.0609. The average molecular weight is 232 g/mol. The Kier molecular flexibility index (Phi) is 3.67. The van der Waals surface area contributed by atoms with Gasteiger partial charge in [0.25, 0.3) is 5.91 Å². The number of likely N-dealkylation sites (tertiary alicyclic amines) is 1. The third-order valence-corrected chi connectivity index (χ3v) is 3.55. The van der Waals surface area contributed by atoms with Gasteiger partial charge in [0.1, 0.15) is 0 Å². The normalized spacial score (nSPS) is 20.3. The van der Waals surface area contributed by atoms with Crippen molar-refractivity contribution in [3.8, 4) is 0 Å². The molecule has 3 heteroatoms. The van der Waals surface area contributed by atoms with Crippen LogP contribution < -0.4 is 5.73 Å². The van der Waals surface area contributed by atoms with Crippen molar-refractivity contribution < 1.29 is 4.79 Å². The van der Waals surface area contributed by atoms with Crippen LogP contribution in [0.1, 0.15) is 43.0 Å². The molecular weight excluding hydrogens is 212 g/mol. The van der Waals surface area contributed by atoms with Crippen LogP contribution in [0.3, 0.4) is 0 Å². The van der Waals surface area contributed by atoms with E-state index in [9.17, 15) is 4.79 Å². The molecule has 1 aromatic carbocycles. The maximum atomic E-state index is 12.4. The summed E-state index contributed by atoms with van der Waals surface area (Å²) in [6.45, 7) is 3.01. The molecule has 0 saturated carbocycles. The highest BCUT2D eigenvalue weighted by molar-refractivity contribution is 5.99. The summed E-state index contributed by atoms with van der Waals surface area (Å²) in [7, 11) is 0. The van der Waals surface area contributed by atoms with Gasteiger partial charge in [-0.3, -0.25) is 4.79 Å². The van der Waals surface area contributed by atoms with Crippen LogP contribution in [0.25, 0.3) is 0 Å². The van der Waals surface area contributed by atoms with Crippen molar-refractivity contribution in [1.29, 1.82) is 0 Å². The van der Waals surface area contributed by atoms with Gasteiger partial charge in [0, 0.05) is 18.3 Å². The van der Waals surface area contributed by atoms with Crippen molar-refractivity contribution in [2.45, 2.75) is 38.6 Å². The first-order valence-corrected chi connectivity index (χ1v) is 6.39. The monoisotopic (exact) mass is 232 g/mol. The number of benzene rings is 1. The predicted octanol–water partition coefficient (Wildman–Crippen LogP) is 2.67. The number of para-hydroxylation sites is 1. The fourth-order valence-corrected chi connectivity index (χ4v) is 2.54. The SMILES string of the molecule is CCC1CCCCN1C(=O)c1ccccc1N. The highest BCUT2D eigenvalue weighted by Gasteiger charge is 2.26. The molecule has 1 fully saturated rings. The van der Waals surface area contributed by atoms with Crippen LogP contribution in [0.2, 0.25) is 0 Å². The van der Waals surface area contributed by atoms with E-state index in [0.29, 0.717) is 17.3 Å². The summed E-state index contributed by atoms with van der Waals surface area (Å²) < 4.78 is 0. The Hall–Kier alpha value is -1.51. The third kappa shape index (κ3) is 2.43. The van der Waals surface area contributed by atoms with Crippen LogP contribution in [0.4, 0.5) is 5.69 Å². The van der Waals surface area contributed by atoms with Gasteiger partial charge in [0.15, 0.2) is 0 Å². The summed E-state index contributed by atoms with van der Waals surface area (Å²) >= 11 is 0. The van der Waals surface area contributed by atoms with Gasteiger partial charge in [0.2, 0.25) is 0 Å². The van der Waals surface area contributed by atoms with Gasteiger partial charge in [0.05, 0.1) is 5.56 Å². The zero-order valence-corrected chi connectivity index (χ0v) is 10.4. The van der Waals surface area contributed by atoms with Crippen molar-refractivity contribution >= 4 is 11.6 Å². The van der Waals surface area contributed by atoms with E-state index < -0.39 is 0 Å². The second kappa shape index (κ2) is 5.21. The number of nitrogens with zero attached hydrogens (tertiary/aromatic N) is 1. The number of piperidine rings is 1. The van der Waals surface area contributed by atoms with Crippen LogP contribution in [0.15, 0.2) is 24.3 Å². The number of anilines is 1. The summed E-state index contributed by atoms with van der Waals surface area (Å²) in [5.74, 6) is 0.0923. The summed E-state index contributed by atoms with van der Waals surface area (Å²) in [4.78, 5) is 14.4. The molecule has 0 spiro atoms. The van der Waals surface area contributed by atoms with Crippen LogP contribution >= 0.6 is 0 Å². The molecule has 1 heterocycles. The molecule has 17 heavy (non-hydrogen) atoms. The molecule has 1 amide bonds. The number of nitrogen functional groups attached to an aromatic ring is 1. The standard InChI is InChI=1S/C14H20N2O/c1-2-11-7-5-6-10-16(11)14(17)12-8-3-4-9-13(12)15/h3-4,8-9,11H,2,5-7,10,15H2,1H3. The average Bonchev–Trinajstić information content (AvgIpc) is 2.38. The smallest absolute Gasteiger partial charge is 0.256 e. The van der Waals surface area contributed by atoms with Gasteiger partial charge in [-0.15, -0.1) is 0 Å². The Morgan fingerprint density at radius 2 is 2.18 bits per heavy atom. The van der Waals surface area contributed by atoms with Gasteiger partial charge in [-0.05, 0) is 37.8 Å². The van der Waals surface area contributed by atoms with Gasteiger partial charge in [-0.2, -0.15) is 0 Å². The second-order valence-corrected chi connectivity index (χ2v) is 4.64. The minimum Gasteiger partial charge on any atom is -0.398 e. The number of nitrogens with two attached hydrogens (primary N) is 1. The molecule has 0 aliphatic carbocycles. The highest BCUT2D eigenvalue weighted by Crippen LogP contribution is 2.23. The largest absolute Gasteiger partial charge is 0.398 e. The molecule has 1 atom stereocenters. The molecule has 2 rings (SSSR count). The molecule has 0 radical (unpaired) electrons. The first kappa shape index (κ1) is 12.0. The van der Waals surface area contributed by atoms with Gasteiger partial charge >= 0.3 is 0 Å². The van der Waals surface area contributed by atoms with Crippen LogP contribution in [0, 0.1) is 0 Å². The zero-order chi connectivity index (χ0) is 12.3. The lowest BCUT2D eigenvalue weighted by atomic mass is 9.98. The fraction of sp³-hybridized carbons (Fsp3) is 0.500. The van der Waals surface area contributed by atoms with Crippen molar-refractivity contribution in [2.24, 2.45) is 0 Å². The minimum atomic E-state index is 0.0923. The third-order valence-electron chi connectivity index (χ3n) is 3.55. The maximum absolute atomic E-state index is 12.4. The van der Waals surface area contributed by atoms with E-state index in [-0.39, 0.29) is 5.91 Å². The second-order valence-electron chi connectivity index (χ2n) is 4.64. The van der Waals surface area contributed by atoms with Crippen molar-refractivity contribution in [3.63, 3.8) is 0 Å². The van der Waals surface area contributed by atoms with Crippen molar-refractivity contribution in [3.05, 3.63) is 29.8 Å². The molecule has 1 aliphatic rings. The lowest BCUT2D eigenvalue weighted by Crippen LogP contribution is -2.43. The summed E-state index contributed by atoms with van der Waals surface area (Å²) in [6, 6.07) is 7.72. The number of amides is 1. The van der Waals surface area contributed by atoms with E-state index in [2.05, 4.69) is 6.92 Å². The molecule has 0 bridgehead atoms. The number of carbonyl (C=O) groups excluding carboxylic acids is 1. The molecule has 92 valence electrons. The van der Waals surface area contributed by atoms with E-state index in [0.717, 1.165) is 25.8 Å². The first-order chi connectivity index (χ1) is 8.24. The highest BCUT2D eigenvalue weighted by atomic mass is 16.2. The fourth-order valence-electron chi connectivity index (χ4n) is 2.54. The molecule has 2 N–H and O–H groups in total. The van der Waals surface area contributed by atoms with Crippen LogP contribution in [0.5, 0.6) is 0 Å². The number of carbonyl (C=O) groups is 1. The molecule has 3 nitrogen and oxygen atoms in total. The predicted molar refractivity (Wildman–Crippen MR) is 69.8 cm³/mol. The number of hydrogen-bond acceptors (Lipinski definition) is 2. The Labute approximate surface area is 103 Å². The van der Waals surface area contributed by atoms with Gasteiger partial charge in [-0.25, -0.2) is 0 Å². The quantitative estimate of drug-likeness (QED) is 0.797. The van der Waals surface area contributed by atoms with E-state index in [1.54, 1.807) is 6.07 Å². The van der Waals surface area contributed by atoms with Crippen molar-refractivity contribution in [1.82, 2.24) is 4.90 Å². The van der Waals surface area contributed by atoms with Crippen LogP contribution in [-0.4, -0.2) is 23.4 Å². The lowest BCUT2D eigenvalue weighted by Gasteiger charge is -2.35. The molecule has 1 saturated heterocycles. The molecule has 1 unspecified atom stereocenters. The topological polar surface area (TPSA) is 46.3 Å². The summed E-state index contributed by atoms with van der Waals surface area (Å²) in [6.07, 6.45) is 4.48. The first-order valence-electron chi connectivity index (χ1n) is 6.39.